The Morgan fingerprint density at radius 3 is 2.52 bits per heavy atom. The van der Waals surface area contributed by atoms with Crippen molar-refractivity contribution >= 4 is 29.9 Å². The second-order valence-electron chi connectivity index (χ2n) is 7.26. The summed E-state index contributed by atoms with van der Waals surface area (Å²) in [4.78, 5) is 8.63. The summed E-state index contributed by atoms with van der Waals surface area (Å²) in [6, 6.07) is 10.1. The van der Waals surface area contributed by atoms with Crippen molar-refractivity contribution in [2.45, 2.75) is 46.4 Å². The predicted molar refractivity (Wildman–Crippen MR) is 136 cm³/mol. The SMILES string of the molecule is CN=C(NCc1ccc(OC(C)C)nc1)NCc1ccc(C)cc1OCCCOC.I. The van der Waals surface area contributed by atoms with Gasteiger partial charge in [-0.15, -0.1) is 24.0 Å². The summed E-state index contributed by atoms with van der Waals surface area (Å²) in [6.07, 6.45) is 2.78. The van der Waals surface area contributed by atoms with Gasteiger partial charge in [0, 0.05) is 58.1 Å². The third-order valence-corrected chi connectivity index (χ3v) is 4.26. The molecule has 0 bridgehead atoms. The molecule has 2 N–H and O–H groups in total. The Bertz CT molecular complexity index is 798. The number of aromatic nitrogens is 1. The zero-order chi connectivity index (χ0) is 21.8. The van der Waals surface area contributed by atoms with E-state index < -0.39 is 0 Å². The predicted octanol–water partition coefficient (Wildman–Crippen LogP) is 4.08. The highest BCUT2D eigenvalue weighted by Gasteiger charge is 2.07. The molecule has 0 fully saturated rings. The number of rotatable bonds is 11. The molecule has 8 heteroatoms. The van der Waals surface area contributed by atoms with E-state index in [-0.39, 0.29) is 30.1 Å². The number of guanidine groups is 1. The van der Waals surface area contributed by atoms with Gasteiger partial charge >= 0.3 is 0 Å². The highest BCUT2D eigenvalue weighted by molar-refractivity contribution is 14.0. The Labute approximate surface area is 203 Å². The van der Waals surface area contributed by atoms with Gasteiger partial charge in [0.05, 0.1) is 12.7 Å². The molecule has 0 aliphatic heterocycles. The molecule has 172 valence electrons. The molecule has 0 unspecified atom stereocenters. The number of hydrogen-bond acceptors (Lipinski definition) is 5. The maximum absolute atomic E-state index is 5.95. The number of ether oxygens (including phenoxy) is 3. The van der Waals surface area contributed by atoms with Gasteiger partial charge in [0.1, 0.15) is 5.75 Å². The molecule has 0 radical (unpaired) electrons. The third-order valence-electron chi connectivity index (χ3n) is 4.26. The molecule has 2 aromatic rings. The summed E-state index contributed by atoms with van der Waals surface area (Å²) in [7, 11) is 3.45. The summed E-state index contributed by atoms with van der Waals surface area (Å²) < 4.78 is 16.6. The molecule has 7 nitrogen and oxygen atoms in total. The van der Waals surface area contributed by atoms with E-state index >= 15 is 0 Å². The highest BCUT2D eigenvalue weighted by atomic mass is 127. The highest BCUT2D eigenvalue weighted by Crippen LogP contribution is 2.20. The van der Waals surface area contributed by atoms with Gasteiger partial charge in [-0.3, -0.25) is 4.99 Å². The van der Waals surface area contributed by atoms with Crippen molar-refractivity contribution in [1.82, 2.24) is 15.6 Å². The molecular formula is C23H35IN4O3. The van der Waals surface area contributed by atoms with Gasteiger partial charge in [-0.25, -0.2) is 4.98 Å². The fourth-order valence-electron chi connectivity index (χ4n) is 2.74. The molecule has 1 aromatic carbocycles. The number of hydrogen-bond donors (Lipinski definition) is 2. The number of methoxy groups -OCH3 is 1. The quantitative estimate of drug-likeness (QED) is 0.193. The summed E-state index contributed by atoms with van der Waals surface area (Å²) in [5.41, 5.74) is 3.30. The van der Waals surface area contributed by atoms with Gasteiger partial charge in [-0.1, -0.05) is 18.2 Å². The Balaban J connectivity index is 0.00000480. The molecule has 1 heterocycles. The molecule has 0 saturated heterocycles. The average Bonchev–Trinajstić information content (AvgIpc) is 2.73. The monoisotopic (exact) mass is 542 g/mol. The summed E-state index contributed by atoms with van der Waals surface area (Å²) in [5.74, 6) is 2.23. The molecule has 0 atom stereocenters. The van der Waals surface area contributed by atoms with Crippen LogP contribution < -0.4 is 20.1 Å². The molecule has 0 spiro atoms. The smallest absolute Gasteiger partial charge is 0.213 e. The molecule has 0 aliphatic carbocycles. The van der Waals surface area contributed by atoms with Crippen LogP contribution in [0.1, 0.15) is 37.0 Å². The van der Waals surface area contributed by atoms with E-state index in [1.165, 1.54) is 5.56 Å². The second kappa shape index (κ2) is 14.9. The van der Waals surface area contributed by atoms with E-state index in [0.717, 1.165) is 23.3 Å². The van der Waals surface area contributed by atoms with Crippen molar-refractivity contribution < 1.29 is 14.2 Å². The summed E-state index contributed by atoms with van der Waals surface area (Å²) in [6.45, 7) is 8.57. The molecule has 0 aliphatic rings. The van der Waals surface area contributed by atoms with Crippen LogP contribution in [0.4, 0.5) is 0 Å². The molecule has 0 amide bonds. The zero-order valence-corrected chi connectivity index (χ0v) is 21.4. The van der Waals surface area contributed by atoms with Crippen LogP contribution in [0.3, 0.4) is 0 Å². The van der Waals surface area contributed by atoms with Crippen molar-refractivity contribution in [3.05, 3.63) is 53.2 Å². The molecular weight excluding hydrogens is 507 g/mol. The Hall–Kier alpha value is -2.07. The van der Waals surface area contributed by atoms with Gasteiger partial charge < -0.3 is 24.8 Å². The topological polar surface area (TPSA) is 77.0 Å². The van der Waals surface area contributed by atoms with E-state index in [1.807, 2.05) is 32.2 Å². The second-order valence-corrected chi connectivity index (χ2v) is 7.26. The van der Waals surface area contributed by atoms with Crippen molar-refractivity contribution in [2.24, 2.45) is 4.99 Å². The first-order valence-corrected chi connectivity index (χ1v) is 10.3. The van der Waals surface area contributed by atoms with Crippen molar-refractivity contribution in [3.63, 3.8) is 0 Å². The lowest BCUT2D eigenvalue weighted by molar-refractivity contribution is 0.171. The number of nitrogens with one attached hydrogen (secondary N) is 2. The lowest BCUT2D eigenvalue weighted by Crippen LogP contribution is -2.36. The average molecular weight is 542 g/mol. The minimum absolute atomic E-state index is 0. The normalized spacial score (nSPS) is 11.1. The zero-order valence-electron chi connectivity index (χ0n) is 19.1. The Morgan fingerprint density at radius 2 is 1.87 bits per heavy atom. The van der Waals surface area contributed by atoms with Crippen molar-refractivity contribution in [3.8, 4) is 11.6 Å². The minimum atomic E-state index is 0. The molecule has 2 rings (SSSR count). The molecule has 0 saturated carbocycles. The number of nitrogens with zero attached hydrogens (tertiary/aromatic N) is 2. The lowest BCUT2D eigenvalue weighted by Gasteiger charge is -2.16. The van der Waals surface area contributed by atoms with Gasteiger partial charge in [0.15, 0.2) is 5.96 Å². The largest absolute Gasteiger partial charge is 0.493 e. The minimum Gasteiger partial charge on any atom is -0.493 e. The van der Waals surface area contributed by atoms with Crippen LogP contribution in [-0.4, -0.2) is 44.4 Å². The van der Waals surface area contributed by atoms with Crippen LogP contribution in [0.25, 0.3) is 0 Å². The Kier molecular flexibility index (Phi) is 12.9. The number of pyridine rings is 1. The van der Waals surface area contributed by atoms with Crippen LogP contribution in [0.5, 0.6) is 11.6 Å². The number of benzene rings is 1. The third kappa shape index (κ3) is 10.2. The Morgan fingerprint density at radius 1 is 1.10 bits per heavy atom. The van der Waals surface area contributed by atoms with Crippen LogP contribution in [0, 0.1) is 6.92 Å². The van der Waals surface area contributed by atoms with Crippen LogP contribution in [-0.2, 0) is 17.8 Å². The number of halogens is 1. The van der Waals surface area contributed by atoms with Gasteiger partial charge in [-0.2, -0.15) is 0 Å². The first-order chi connectivity index (χ1) is 14.5. The van der Waals surface area contributed by atoms with E-state index in [2.05, 4.69) is 45.7 Å². The fraction of sp³-hybridized carbons (Fsp3) is 0.478. The molecule has 1 aromatic heterocycles. The van der Waals surface area contributed by atoms with Crippen LogP contribution in [0.15, 0.2) is 41.5 Å². The van der Waals surface area contributed by atoms with Gasteiger partial charge in [0.25, 0.3) is 0 Å². The first kappa shape index (κ1) is 27.0. The van der Waals surface area contributed by atoms with E-state index in [4.69, 9.17) is 14.2 Å². The fourth-order valence-corrected chi connectivity index (χ4v) is 2.74. The van der Waals surface area contributed by atoms with Crippen molar-refractivity contribution in [1.29, 1.82) is 0 Å². The maximum atomic E-state index is 5.95. The first-order valence-electron chi connectivity index (χ1n) is 10.3. The summed E-state index contributed by atoms with van der Waals surface area (Å²) >= 11 is 0. The molecule has 31 heavy (non-hydrogen) atoms. The summed E-state index contributed by atoms with van der Waals surface area (Å²) in [5, 5.41) is 6.65. The van der Waals surface area contributed by atoms with E-state index in [9.17, 15) is 0 Å². The van der Waals surface area contributed by atoms with Crippen molar-refractivity contribution in [2.75, 3.05) is 27.4 Å². The van der Waals surface area contributed by atoms with E-state index in [1.54, 1.807) is 14.2 Å². The maximum Gasteiger partial charge on any atom is 0.213 e. The van der Waals surface area contributed by atoms with Crippen LogP contribution >= 0.6 is 24.0 Å². The van der Waals surface area contributed by atoms with E-state index in [0.29, 0.717) is 38.1 Å². The lowest BCUT2D eigenvalue weighted by atomic mass is 10.1. The number of aliphatic imine (C=N–C) groups is 1. The van der Waals surface area contributed by atoms with Gasteiger partial charge in [-0.05, 0) is 38.0 Å². The van der Waals surface area contributed by atoms with Gasteiger partial charge in [0.2, 0.25) is 5.88 Å². The standard InChI is InChI=1S/C23H34N4O3.HI/c1-17(2)30-22-10-8-19(14-25-22)15-26-23(24-4)27-16-20-9-7-18(3)13-21(20)29-12-6-11-28-5;/h7-10,13-14,17H,6,11-12,15-16H2,1-5H3,(H2,24,26,27);1H. The van der Waals surface area contributed by atoms with Crippen LogP contribution in [0.2, 0.25) is 0 Å². The number of aryl methyl sites for hydroxylation is 1.